The molecule has 2 rings (SSSR count). The van der Waals surface area contributed by atoms with E-state index in [1.54, 1.807) is 11.3 Å². The highest BCUT2D eigenvalue weighted by Crippen LogP contribution is 2.46. The highest BCUT2D eigenvalue weighted by Gasteiger charge is 2.37. The van der Waals surface area contributed by atoms with Gasteiger partial charge in [0.2, 0.25) is 0 Å². The molecule has 0 fully saturated rings. The van der Waals surface area contributed by atoms with Gasteiger partial charge in [-0.3, -0.25) is 4.79 Å². The number of rotatable bonds is 0. The van der Waals surface area contributed by atoms with Crippen LogP contribution in [0.5, 0.6) is 0 Å². The van der Waals surface area contributed by atoms with Crippen LogP contribution in [0.25, 0.3) is 0 Å². The second-order valence-corrected chi connectivity index (χ2v) is 5.67. The Kier molecular flexibility index (Phi) is 1.84. The fraction of sp³-hybridized carbons (Fsp3) is 0.545. The van der Waals surface area contributed by atoms with Crippen LogP contribution in [0, 0.1) is 5.41 Å². The van der Waals surface area contributed by atoms with E-state index in [-0.39, 0.29) is 5.41 Å². The van der Waals surface area contributed by atoms with E-state index >= 15 is 0 Å². The minimum atomic E-state index is 0.210. The molecule has 0 N–H and O–H groups in total. The molecule has 0 spiro atoms. The molecule has 2 heteroatoms. The molecule has 1 aliphatic rings. The van der Waals surface area contributed by atoms with Gasteiger partial charge in [-0.2, -0.15) is 0 Å². The third-order valence-electron chi connectivity index (χ3n) is 2.76. The lowest BCUT2D eigenvalue weighted by atomic mass is 9.78. The third kappa shape index (κ3) is 1.33. The number of fused-ring (bicyclic) bond motifs is 1. The van der Waals surface area contributed by atoms with Crippen molar-refractivity contribution in [1.29, 1.82) is 0 Å². The first-order valence-electron chi connectivity index (χ1n) is 4.61. The number of hydrogen-bond acceptors (Lipinski definition) is 2. The molecule has 1 unspecified atom stereocenters. The number of thiophene rings is 1. The van der Waals surface area contributed by atoms with E-state index in [1.807, 2.05) is 5.38 Å². The van der Waals surface area contributed by atoms with Crippen molar-refractivity contribution in [3.63, 3.8) is 0 Å². The Balaban J connectivity index is 2.44. The minimum Gasteiger partial charge on any atom is -0.293 e. The Morgan fingerprint density at radius 2 is 2.15 bits per heavy atom. The Hall–Kier alpha value is -0.630. The van der Waals surface area contributed by atoms with Crippen LogP contribution in [-0.2, 0) is 0 Å². The summed E-state index contributed by atoms with van der Waals surface area (Å²) in [6.07, 6.45) is 0.714. The van der Waals surface area contributed by atoms with E-state index < -0.39 is 0 Å². The van der Waals surface area contributed by atoms with Crippen LogP contribution < -0.4 is 0 Å². The first-order valence-corrected chi connectivity index (χ1v) is 5.48. The van der Waals surface area contributed by atoms with Crippen LogP contribution in [0.1, 0.15) is 48.3 Å². The van der Waals surface area contributed by atoms with E-state index in [9.17, 15) is 4.79 Å². The molecule has 70 valence electrons. The lowest BCUT2D eigenvalue weighted by Crippen LogP contribution is -2.15. The second kappa shape index (κ2) is 2.68. The zero-order chi connectivity index (χ0) is 9.64. The minimum absolute atomic E-state index is 0.210. The van der Waals surface area contributed by atoms with Crippen LogP contribution in [0.4, 0.5) is 0 Å². The molecule has 0 saturated carbocycles. The van der Waals surface area contributed by atoms with Gasteiger partial charge in [0.1, 0.15) is 0 Å². The zero-order valence-corrected chi connectivity index (χ0v) is 9.07. The summed E-state index contributed by atoms with van der Waals surface area (Å²) < 4.78 is 0. The van der Waals surface area contributed by atoms with E-state index in [2.05, 4.69) is 26.8 Å². The van der Waals surface area contributed by atoms with Crippen molar-refractivity contribution in [2.24, 2.45) is 5.41 Å². The quantitative estimate of drug-likeness (QED) is 0.618. The van der Waals surface area contributed by atoms with Crippen molar-refractivity contribution in [2.75, 3.05) is 0 Å². The Bertz CT molecular complexity index is 343. The number of ketones is 1. The van der Waals surface area contributed by atoms with Crippen molar-refractivity contribution in [3.05, 3.63) is 21.9 Å². The van der Waals surface area contributed by atoms with Crippen molar-refractivity contribution >= 4 is 17.1 Å². The molecular formula is C11H14OS. The third-order valence-corrected chi connectivity index (χ3v) is 3.73. The van der Waals surface area contributed by atoms with E-state index in [0.29, 0.717) is 18.1 Å². The SMILES string of the molecule is CC(C)(C)C1CC(=O)c2sccc21. The van der Waals surface area contributed by atoms with Crippen LogP contribution in [0.2, 0.25) is 0 Å². The molecule has 1 aliphatic carbocycles. The Morgan fingerprint density at radius 3 is 2.77 bits per heavy atom. The highest BCUT2D eigenvalue weighted by molar-refractivity contribution is 7.12. The molecule has 0 aromatic carbocycles. The summed E-state index contributed by atoms with van der Waals surface area (Å²) in [5.41, 5.74) is 1.49. The maximum absolute atomic E-state index is 11.6. The first kappa shape index (κ1) is 8.95. The average molecular weight is 194 g/mol. The van der Waals surface area contributed by atoms with E-state index in [4.69, 9.17) is 0 Å². The molecule has 1 atom stereocenters. The standard InChI is InChI=1S/C11H14OS/c1-11(2,3)8-6-9(12)10-7(8)4-5-13-10/h4-5,8H,6H2,1-3H3. The predicted octanol–water partition coefficient (Wildman–Crippen LogP) is 3.46. The highest BCUT2D eigenvalue weighted by atomic mass is 32.1. The molecule has 1 nitrogen and oxygen atoms in total. The molecule has 0 aliphatic heterocycles. The summed E-state index contributed by atoms with van der Waals surface area (Å²) >= 11 is 1.59. The molecule has 1 aromatic rings. The molecule has 1 heterocycles. The monoisotopic (exact) mass is 194 g/mol. The second-order valence-electron chi connectivity index (χ2n) is 4.75. The molecular weight excluding hydrogens is 180 g/mol. The Morgan fingerprint density at radius 1 is 1.46 bits per heavy atom. The normalized spacial score (nSPS) is 22.1. The van der Waals surface area contributed by atoms with Gasteiger partial charge in [-0.05, 0) is 28.3 Å². The van der Waals surface area contributed by atoms with Gasteiger partial charge in [0, 0.05) is 6.42 Å². The van der Waals surface area contributed by atoms with Gasteiger partial charge in [-0.25, -0.2) is 0 Å². The largest absolute Gasteiger partial charge is 0.293 e. The van der Waals surface area contributed by atoms with Crippen molar-refractivity contribution < 1.29 is 4.79 Å². The summed E-state index contributed by atoms with van der Waals surface area (Å²) in [4.78, 5) is 12.6. The van der Waals surface area contributed by atoms with E-state index in [1.165, 1.54) is 5.56 Å². The zero-order valence-electron chi connectivity index (χ0n) is 8.26. The lowest BCUT2D eigenvalue weighted by Gasteiger charge is -2.26. The summed E-state index contributed by atoms with van der Waals surface area (Å²) in [5.74, 6) is 0.770. The molecule has 0 amide bonds. The molecule has 0 saturated heterocycles. The number of Topliss-reactive ketones (excluding diaryl/α,β-unsaturated/α-hetero) is 1. The Labute approximate surface area is 82.8 Å². The van der Waals surface area contributed by atoms with Gasteiger partial charge in [0.25, 0.3) is 0 Å². The number of hydrogen-bond donors (Lipinski definition) is 0. The smallest absolute Gasteiger partial charge is 0.173 e. The van der Waals surface area contributed by atoms with Gasteiger partial charge in [-0.15, -0.1) is 11.3 Å². The predicted molar refractivity (Wildman–Crippen MR) is 55.5 cm³/mol. The molecule has 13 heavy (non-hydrogen) atoms. The van der Waals surface area contributed by atoms with Crippen LogP contribution in [0.15, 0.2) is 11.4 Å². The van der Waals surface area contributed by atoms with Crippen LogP contribution in [0.3, 0.4) is 0 Å². The number of carbonyl (C=O) groups is 1. The fourth-order valence-electron chi connectivity index (χ4n) is 1.98. The van der Waals surface area contributed by atoms with Crippen LogP contribution in [-0.4, -0.2) is 5.78 Å². The van der Waals surface area contributed by atoms with Gasteiger partial charge in [0.15, 0.2) is 5.78 Å². The average Bonchev–Trinajstić information content (AvgIpc) is 2.51. The topological polar surface area (TPSA) is 17.1 Å². The summed E-state index contributed by atoms with van der Waals surface area (Å²) in [6, 6.07) is 2.11. The maximum atomic E-state index is 11.6. The summed E-state index contributed by atoms with van der Waals surface area (Å²) in [7, 11) is 0. The molecule has 1 aromatic heterocycles. The van der Waals surface area contributed by atoms with Gasteiger partial charge in [-0.1, -0.05) is 20.8 Å². The van der Waals surface area contributed by atoms with Crippen molar-refractivity contribution in [1.82, 2.24) is 0 Å². The van der Waals surface area contributed by atoms with Gasteiger partial charge < -0.3 is 0 Å². The van der Waals surface area contributed by atoms with Gasteiger partial charge in [0.05, 0.1) is 4.88 Å². The van der Waals surface area contributed by atoms with Crippen LogP contribution >= 0.6 is 11.3 Å². The number of carbonyl (C=O) groups excluding carboxylic acids is 1. The van der Waals surface area contributed by atoms with Crippen molar-refractivity contribution in [2.45, 2.75) is 33.1 Å². The van der Waals surface area contributed by atoms with E-state index in [0.717, 1.165) is 4.88 Å². The van der Waals surface area contributed by atoms with Crippen molar-refractivity contribution in [3.8, 4) is 0 Å². The van der Waals surface area contributed by atoms with Gasteiger partial charge >= 0.3 is 0 Å². The molecule has 0 radical (unpaired) electrons. The lowest BCUT2D eigenvalue weighted by molar-refractivity contribution is 0.0977. The summed E-state index contributed by atoms with van der Waals surface area (Å²) in [6.45, 7) is 6.62. The fourth-order valence-corrected chi connectivity index (χ4v) is 2.89. The molecule has 0 bridgehead atoms. The maximum Gasteiger partial charge on any atom is 0.173 e. The summed E-state index contributed by atoms with van der Waals surface area (Å²) in [5, 5.41) is 2.03. The first-order chi connectivity index (χ1) is 6.00.